The molecule has 1 aromatic carbocycles. The van der Waals surface area contributed by atoms with Crippen LogP contribution in [0.1, 0.15) is 45.6 Å². The fourth-order valence-corrected chi connectivity index (χ4v) is 4.03. The van der Waals surface area contributed by atoms with Crippen LogP contribution >= 0.6 is 0 Å². The van der Waals surface area contributed by atoms with Gasteiger partial charge in [0.05, 0.1) is 13.3 Å². The van der Waals surface area contributed by atoms with Gasteiger partial charge < -0.3 is 9.84 Å². The van der Waals surface area contributed by atoms with Crippen molar-refractivity contribution in [3.8, 4) is 11.5 Å². The van der Waals surface area contributed by atoms with E-state index in [1.807, 2.05) is 6.07 Å². The summed E-state index contributed by atoms with van der Waals surface area (Å²) in [7, 11) is 1.53. The zero-order valence-corrected chi connectivity index (χ0v) is 13.8. The summed E-state index contributed by atoms with van der Waals surface area (Å²) in [5.74, 6) is 1.31. The molecule has 0 aliphatic heterocycles. The first-order chi connectivity index (χ1) is 10.4. The minimum absolute atomic E-state index is 0.118. The predicted molar refractivity (Wildman–Crippen MR) is 88.9 cm³/mol. The average Bonchev–Trinajstić information content (AvgIpc) is 2.81. The number of aromatic hydroxyl groups is 1. The first-order valence-corrected chi connectivity index (χ1v) is 7.86. The van der Waals surface area contributed by atoms with Crippen molar-refractivity contribution in [1.82, 2.24) is 0 Å². The first kappa shape index (κ1) is 15.1. The summed E-state index contributed by atoms with van der Waals surface area (Å²) in [5.41, 5.74) is 2.54. The largest absolute Gasteiger partial charge is 0.504 e. The maximum atomic E-state index is 9.78. The van der Waals surface area contributed by atoms with E-state index in [2.05, 4.69) is 31.0 Å². The highest BCUT2D eigenvalue weighted by Gasteiger charge is 2.59. The number of hydrogen-bond donors (Lipinski definition) is 1. The van der Waals surface area contributed by atoms with Crippen LogP contribution in [0.4, 0.5) is 0 Å². The normalized spacial score (nSPS) is 31.3. The number of hydrogen-bond acceptors (Lipinski definition) is 4. The van der Waals surface area contributed by atoms with Gasteiger partial charge in [-0.1, -0.05) is 20.8 Å². The Morgan fingerprint density at radius 2 is 2.09 bits per heavy atom. The molecule has 3 rings (SSSR count). The lowest BCUT2D eigenvalue weighted by Crippen LogP contribution is -2.32. The highest BCUT2D eigenvalue weighted by Crippen LogP contribution is 2.63. The molecule has 2 aliphatic carbocycles. The van der Waals surface area contributed by atoms with E-state index in [1.165, 1.54) is 25.7 Å². The lowest BCUT2D eigenvalue weighted by atomic mass is 9.70. The Labute approximate surface area is 131 Å². The third-order valence-corrected chi connectivity index (χ3v) is 6.10. The summed E-state index contributed by atoms with van der Waals surface area (Å²) >= 11 is 0. The molecular weight excluding hydrogens is 276 g/mol. The fraction of sp³-hybridized carbons (Fsp3) is 0.556. The Morgan fingerprint density at radius 3 is 2.64 bits per heavy atom. The highest BCUT2D eigenvalue weighted by atomic mass is 16.5. The Bertz CT molecular complexity index is 648. The molecular formula is C18H24N2O2. The molecule has 2 bridgehead atoms. The molecule has 2 saturated carbocycles. The summed E-state index contributed by atoms with van der Waals surface area (Å²) < 4.78 is 5.03. The summed E-state index contributed by atoms with van der Waals surface area (Å²) in [6.07, 6.45) is 5.27. The molecule has 0 saturated heterocycles. The lowest BCUT2D eigenvalue weighted by molar-refractivity contribution is 0.194. The average molecular weight is 300 g/mol. The maximum absolute atomic E-state index is 9.78. The van der Waals surface area contributed by atoms with Crippen molar-refractivity contribution >= 4 is 11.9 Å². The molecule has 0 unspecified atom stereocenters. The third-order valence-electron chi connectivity index (χ3n) is 6.10. The first-order valence-electron chi connectivity index (χ1n) is 7.86. The molecule has 0 amide bonds. The van der Waals surface area contributed by atoms with Gasteiger partial charge in [-0.2, -0.15) is 10.2 Å². The van der Waals surface area contributed by atoms with E-state index in [0.717, 1.165) is 17.9 Å². The molecule has 1 aromatic rings. The molecule has 1 N–H and O–H groups in total. The highest BCUT2D eigenvalue weighted by molar-refractivity contribution is 5.94. The number of ether oxygens (including phenoxy) is 1. The molecule has 2 atom stereocenters. The topological polar surface area (TPSA) is 54.2 Å². The minimum atomic E-state index is 0.118. The lowest BCUT2D eigenvalue weighted by Gasteiger charge is -2.34. The molecule has 0 aromatic heterocycles. The maximum Gasteiger partial charge on any atom is 0.160 e. The molecule has 4 heteroatoms. The van der Waals surface area contributed by atoms with Gasteiger partial charge in [-0.05, 0) is 54.4 Å². The van der Waals surface area contributed by atoms with Gasteiger partial charge >= 0.3 is 0 Å². The van der Waals surface area contributed by atoms with E-state index in [0.29, 0.717) is 11.2 Å². The SMILES string of the molecule is COc1ccc(/C=N\N=C2\C[C@@H]3CC[C@@]2(C)C3(C)C)cc1O. The van der Waals surface area contributed by atoms with E-state index >= 15 is 0 Å². The van der Waals surface area contributed by atoms with Gasteiger partial charge in [-0.15, -0.1) is 0 Å². The van der Waals surface area contributed by atoms with Crippen molar-refractivity contribution in [2.75, 3.05) is 7.11 Å². The second-order valence-electron chi connectivity index (χ2n) is 7.22. The van der Waals surface area contributed by atoms with Gasteiger partial charge in [0.2, 0.25) is 0 Å². The second-order valence-corrected chi connectivity index (χ2v) is 7.22. The number of phenolic OH excluding ortho intramolecular Hbond substituents is 1. The molecule has 0 spiro atoms. The molecule has 118 valence electrons. The molecule has 2 aliphatic rings. The van der Waals surface area contributed by atoms with Crippen molar-refractivity contribution in [3.05, 3.63) is 23.8 Å². The van der Waals surface area contributed by atoms with Gasteiger partial charge in [-0.25, -0.2) is 0 Å². The number of phenols is 1. The monoisotopic (exact) mass is 300 g/mol. The van der Waals surface area contributed by atoms with Crippen LogP contribution in [0, 0.1) is 16.7 Å². The van der Waals surface area contributed by atoms with Crippen LogP contribution in [0.5, 0.6) is 11.5 Å². The van der Waals surface area contributed by atoms with Gasteiger partial charge in [0.15, 0.2) is 11.5 Å². The molecule has 22 heavy (non-hydrogen) atoms. The molecule has 0 heterocycles. The van der Waals surface area contributed by atoms with E-state index < -0.39 is 0 Å². The second kappa shape index (κ2) is 5.11. The van der Waals surface area contributed by atoms with Gasteiger partial charge in [0.1, 0.15) is 0 Å². The molecule has 2 fully saturated rings. The molecule has 4 nitrogen and oxygen atoms in total. The zero-order chi connectivity index (χ0) is 16.0. The third kappa shape index (κ3) is 2.13. The Hall–Kier alpha value is -1.84. The number of nitrogens with zero attached hydrogens (tertiary/aromatic N) is 2. The van der Waals surface area contributed by atoms with Gasteiger partial charge in [0.25, 0.3) is 0 Å². The Morgan fingerprint density at radius 1 is 1.32 bits per heavy atom. The van der Waals surface area contributed by atoms with Gasteiger partial charge in [0, 0.05) is 11.1 Å². The number of fused-ring (bicyclic) bond motifs is 2. The van der Waals surface area contributed by atoms with Crippen molar-refractivity contribution in [2.45, 2.75) is 40.0 Å². The summed E-state index contributed by atoms with van der Waals surface area (Å²) in [6.45, 7) is 7.05. The van der Waals surface area contributed by atoms with E-state index in [1.54, 1.807) is 18.3 Å². The van der Waals surface area contributed by atoms with Crippen LogP contribution < -0.4 is 4.74 Å². The fourth-order valence-electron chi connectivity index (χ4n) is 4.03. The smallest absolute Gasteiger partial charge is 0.160 e. The Kier molecular flexibility index (Phi) is 3.50. The Balaban J connectivity index is 1.79. The van der Waals surface area contributed by atoms with Crippen LogP contribution in [-0.2, 0) is 0 Å². The van der Waals surface area contributed by atoms with Crippen LogP contribution in [-0.4, -0.2) is 24.1 Å². The van der Waals surface area contributed by atoms with E-state index in [9.17, 15) is 5.11 Å². The summed E-state index contributed by atoms with van der Waals surface area (Å²) in [4.78, 5) is 0. The standard InChI is InChI=1S/C18H24N2O2/c1-17(2)13-7-8-18(17,3)16(10-13)20-19-11-12-5-6-15(22-4)14(21)9-12/h5-6,9,11,13,21H,7-8,10H2,1-4H3/b19-11-,20-16-/t13-,18+/m0/s1. The van der Waals surface area contributed by atoms with Gasteiger partial charge in [-0.3, -0.25) is 0 Å². The van der Waals surface area contributed by atoms with Crippen LogP contribution in [0.3, 0.4) is 0 Å². The quantitative estimate of drug-likeness (QED) is 0.677. The van der Waals surface area contributed by atoms with Crippen molar-refractivity contribution in [3.63, 3.8) is 0 Å². The van der Waals surface area contributed by atoms with E-state index in [-0.39, 0.29) is 11.2 Å². The van der Waals surface area contributed by atoms with Crippen LogP contribution in [0.15, 0.2) is 28.4 Å². The summed E-state index contributed by atoms with van der Waals surface area (Å²) in [6, 6.07) is 5.22. The number of methoxy groups -OCH3 is 1. The minimum Gasteiger partial charge on any atom is -0.504 e. The van der Waals surface area contributed by atoms with Crippen LogP contribution in [0.2, 0.25) is 0 Å². The van der Waals surface area contributed by atoms with E-state index in [4.69, 9.17) is 4.74 Å². The summed E-state index contributed by atoms with van der Waals surface area (Å²) in [5, 5.41) is 18.6. The number of rotatable bonds is 3. The predicted octanol–water partition coefficient (Wildman–Crippen LogP) is 4.02. The number of benzene rings is 1. The zero-order valence-electron chi connectivity index (χ0n) is 13.8. The van der Waals surface area contributed by atoms with Crippen molar-refractivity contribution in [2.24, 2.45) is 27.0 Å². The van der Waals surface area contributed by atoms with Crippen molar-refractivity contribution < 1.29 is 9.84 Å². The molecule has 0 radical (unpaired) electrons. The van der Waals surface area contributed by atoms with Crippen molar-refractivity contribution in [1.29, 1.82) is 0 Å². The van der Waals surface area contributed by atoms with Crippen LogP contribution in [0.25, 0.3) is 0 Å².